The normalized spacial score (nSPS) is 13.6. The minimum absolute atomic E-state index is 0.0219. The van der Waals surface area contributed by atoms with Gasteiger partial charge in [-0.2, -0.15) is 0 Å². The predicted octanol–water partition coefficient (Wildman–Crippen LogP) is 1.68. The molecule has 4 nitrogen and oxygen atoms in total. The van der Waals surface area contributed by atoms with Crippen molar-refractivity contribution in [2.45, 2.75) is 19.9 Å². The van der Waals surface area contributed by atoms with E-state index >= 15 is 0 Å². The van der Waals surface area contributed by atoms with Crippen LogP contribution in [0.25, 0.3) is 5.69 Å². The summed E-state index contributed by atoms with van der Waals surface area (Å²) < 4.78 is 2.01. The third-order valence-corrected chi connectivity index (χ3v) is 3.11. The van der Waals surface area contributed by atoms with Gasteiger partial charge in [0.25, 0.3) is 5.91 Å². The fraction of sp³-hybridized carbons (Fsp3) is 0.231. The molecule has 1 aliphatic rings. The van der Waals surface area contributed by atoms with E-state index in [0.29, 0.717) is 12.1 Å². The lowest BCUT2D eigenvalue weighted by atomic mass is 10.1. The molecule has 0 aliphatic carbocycles. The monoisotopic (exact) mass is 227 g/mol. The lowest BCUT2D eigenvalue weighted by Crippen LogP contribution is -2.21. The molecule has 2 aromatic rings. The zero-order chi connectivity index (χ0) is 11.8. The Kier molecular flexibility index (Phi) is 2.21. The number of para-hydroxylation sites is 1. The number of aryl methyl sites for hydroxylation is 1. The zero-order valence-electron chi connectivity index (χ0n) is 9.60. The Labute approximate surface area is 99.3 Å². The molecule has 1 amide bonds. The van der Waals surface area contributed by atoms with Gasteiger partial charge in [-0.1, -0.05) is 19.1 Å². The fourth-order valence-corrected chi connectivity index (χ4v) is 2.24. The maximum Gasteiger partial charge on any atom is 0.253 e. The number of carbonyl (C=O) groups is 1. The molecule has 0 bridgehead atoms. The van der Waals surface area contributed by atoms with Crippen LogP contribution in [0, 0.1) is 0 Å². The van der Waals surface area contributed by atoms with Crippen molar-refractivity contribution in [3.8, 4) is 5.69 Å². The third kappa shape index (κ3) is 1.45. The van der Waals surface area contributed by atoms with Gasteiger partial charge in [-0.05, 0) is 18.6 Å². The first-order valence-electron chi connectivity index (χ1n) is 5.74. The average molecular weight is 227 g/mol. The van der Waals surface area contributed by atoms with Crippen LogP contribution in [-0.4, -0.2) is 15.5 Å². The zero-order valence-corrected chi connectivity index (χ0v) is 9.60. The van der Waals surface area contributed by atoms with E-state index in [-0.39, 0.29) is 5.91 Å². The first-order chi connectivity index (χ1) is 8.31. The van der Waals surface area contributed by atoms with Crippen molar-refractivity contribution in [2.24, 2.45) is 0 Å². The summed E-state index contributed by atoms with van der Waals surface area (Å²) in [6.45, 7) is 2.61. The van der Waals surface area contributed by atoms with Gasteiger partial charge in [0.15, 0.2) is 0 Å². The molecule has 0 spiro atoms. The number of imidazole rings is 1. The molecule has 0 fully saturated rings. The van der Waals surface area contributed by atoms with Crippen LogP contribution in [0.1, 0.15) is 28.7 Å². The molecule has 1 aromatic heterocycles. The van der Waals surface area contributed by atoms with E-state index in [0.717, 1.165) is 23.5 Å². The summed E-state index contributed by atoms with van der Waals surface area (Å²) in [5.41, 5.74) is 3.73. The molecule has 17 heavy (non-hydrogen) atoms. The van der Waals surface area contributed by atoms with Crippen molar-refractivity contribution in [1.29, 1.82) is 0 Å². The Morgan fingerprint density at radius 1 is 1.41 bits per heavy atom. The van der Waals surface area contributed by atoms with Crippen molar-refractivity contribution in [2.75, 3.05) is 0 Å². The smallest absolute Gasteiger partial charge is 0.253 e. The highest BCUT2D eigenvalue weighted by atomic mass is 16.1. The van der Waals surface area contributed by atoms with E-state index in [1.807, 2.05) is 28.8 Å². The van der Waals surface area contributed by atoms with Crippen LogP contribution in [-0.2, 0) is 13.0 Å². The van der Waals surface area contributed by atoms with Crippen molar-refractivity contribution in [3.05, 3.63) is 47.5 Å². The van der Waals surface area contributed by atoms with Gasteiger partial charge < -0.3 is 9.88 Å². The maximum atomic E-state index is 11.9. The van der Waals surface area contributed by atoms with E-state index in [9.17, 15) is 4.79 Å². The summed E-state index contributed by atoms with van der Waals surface area (Å²) in [4.78, 5) is 16.3. The van der Waals surface area contributed by atoms with E-state index in [1.54, 1.807) is 6.33 Å². The number of nitrogens with one attached hydrogen (secondary N) is 1. The first kappa shape index (κ1) is 10.1. The van der Waals surface area contributed by atoms with Gasteiger partial charge >= 0.3 is 0 Å². The van der Waals surface area contributed by atoms with Crippen LogP contribution < -0.4 is 5.32 Å². The predicted molar refractivity (Wildman–Crippen MR) is 64.1 cm³/mol. The molecule has 4 heteroatoms. The molecule has 0 saturated heterocycles. The van der Waals surface area contributed by atoms with Gasteiger partial charge in [-0.25, -0.2) is 4.98 Å². The quantitative estimate of drug-likeness (QED) is 0.805. The molecule has 3 rings (SSSR count). The van der Waals surface area contributed by atoms with Gasteiger partial charge in [-0.3, -0.25) is 4.79 Å². The lowest BCUT2D eigenvalue weighted by Gasteiger charge is -2.06. The van der Waals surface area contributed by atoms with Crippen LogP contribution >= 0.6 is 0 Å². The van der Waals surface area contributed by atoms with E-state index in [1.165, 1.54) is 0 Å². The minimum atomic E-state index is -0.0219. The molecule has 0 unspecified atom stereocenters. The van der Waals surface area contributed by atoms with Crippen molar-refractivity contribution >= 4 is 5.91 Å². The molecule has 1 aliphatic heterocycles. The number of carbonyl (C=O) groups excluding carboxylic acids is 1. The maximum absolute atomic E-state index is 11.9. The number of rotatable bonds is 1. The third-order valence-electron chi connectivity index (χ3n) is 3.11. The Hall–Kier alpha value is -2.10. The molecule has 0 saturated carbocycles. The summed E-state index contributed by atoms with van der Waals surface area (Å²) >= 11 is 0. The Morgan fingerprint density at radius 3 is 3.06 bits per heavy atom. The molecule has 2 heterocycles. The Bertz CT molecular complexity index is 586. The summed E-state index contributed by atoms with van der Waals surface area (Å²) in [6.07, 6.45) is 2.67. The van der Waals surface area contributed by atoms with E-state index < -0.39 is 0 Å². The van der Waals surface area contributed by atoms with E-state index in [2.05, 4.69) is 17.2 Å². The van der Waals surface area contributed by atoms with E-state index in [4.69, 9.17) is 0 Å². The van der Waals surface area contributed by atoms with Crippen LogP contribution in [0.15, 0.2) is 30.6 Å². The standard InChI is InChI=1S/C13H13N3O/c1-2-10-12-7-14-13(17)9-5-3-4-6-11(9)16(12)8-15-10/h3-6,8H,2,7H2,1H3,(H,14,17). The molecule has 1 N–H and O–H groups in total. The highest BCUT2D eigenvalue weighted by Gasteiger charge is 2.20. The van der Waals surface area contributed by atoms with Crippen LogP contribution in [0.3, 0.4) is 0 Å². The highest BCUT2D eigenvalue weighted by molar-refractivity contribution is 5.98. The van der Waals surface area contributed by atoms with Gasteiger partial charge in [0.2, 0.25) is 0 Å². The summed E-state index contributed by atoms with van der Waals surface area (Å²) in [7, 11) is 0. The average Bonchev–Trinajstić information content (AvgIpc) is 2.72. The minimum Gasteiger partial charge on any atom is -0.346 e. The Morgan fingerprint density at radius 2 is 2.24 bits per heavy atom. The first-order valence-corrected chi connectivity index (χ1v) is 5.74. The molecule has 86 valence electrons. The molecule has 0 radical (unpaired) electrons. The van der Waals surface area contributed by atoms with Crippen molar-refractivity contribution in [1.82, 2.24) is 14.9 Å². The van der Waals surface area contributed by atoms with Crippen LogP contribution in [0.5, 0.6) is 0 Å². The van der Waals surface area contributed by atoms with Gasteiger partial charge in [0, 0.05) is 0 Å². The topological polar surface area (TPSA) is 46.9 Å². The van der Waals surface area contributed by atoms with Gasteiger partial charge in [0.05, 0.1) is 35.5 Å². The number of fused-ring (bicyclic) bond motifs is 3. The largest absolute Gasteiger partial charge is 0.346 e. The second kappa shape index (κ2) is 3.73. The summed E-state index contributed by atoms with van der Waals surface area (Å²) in [6, 6.07) is 7.60. The van der Waals surface area contributed by atoms with Crippen LogP contribution in [0.4, 0.5) is 0 Å². The second-order valence-electron chi connectivity index (χ2n) is 4.06. The lowest BCUT2D eigenvalue weighted by molar-refractivity contribution is 0.0952. The highest BCUT2D eigenvalue weighted by Crippen LogP contribution is 2.22. The van der Waals surface area contributed by atoms with Gasteiger partial charge in [0.1, 0.15) is 0 Å². The number of benzene rings is 1. The number of nitrogens with zero attached hydrogens (tertiary/aromatic N) is 2. The number of hydrogen-bond acceptors (Lipinski definition) is 2. The Balaban J connectivity index is 2.27. The number of aromatic nitrogens is 2. The van der Waals surface area contributed by atoms with Gasteiger partial charge in [-0.15, -0.1) is 0 Å². The molecule has 1 aromatic carbocycles. The molecule has 0 atom stereocenters. The summed E-state index contributed by atoms with van der Waals surface area (Å²) in [5.74, 6) is -0.0219. The SMILES string of the molecule is CCc1ncn2c1CNC(=O)c1ccccc1-2. The summed E-state index contributed by atoms with van der Waals surface area (Å²) in [5, 5.41) is 2.92. The van der Waals surface area contributed by atoms with Crippen molar-refractivity contribution < 1.29 is 4.79 Å². The molecular formula is C13H13N3O. The van der Waals surface area contributed by atoms with Crippen molar-refractivity contribution in [3.63, 3.8) is 0 Å². The number of hydrogen-bond donors (Lipinski definition) is 1. The number of amides is 1. The molecular weight excluding hydrogens is 214 g/mol. The van der Waals surface area contributed by atoms with Crippen LogP contribution in [0.2, 0.25) is 0 Å². The second-order valence-corrected chi connectivity index (χ2v) is 4.06. The fourth-order valence-electron chi connectivity index (χ4n) is 2.24.